The normalized spacial score (nSPS) is 22.9. The van der Waals surface area contributed by atoms with Gasteiger partial charge in [-0.3, -0.25) is 0 Å². The van der Waals surface area contributed by atoms with Crippen LogP contribution in [0.2, 0.25) is 0 Å². The summed E-state index contributed by atoms with van der Waals surface area (Å²) < 4.78 is 11.0. The van der Waals surface area contributed by atoms with Gasteiger partial charge in [0.15, 0.2) is 0 Å². The zero-order valence-corrected chi connectivity index (χ0v) is 9.72. The molecule has 17 heavy (non-hydrogen) atoms. The Labute approximate surface area is 100 Å². The average Bonchev–Trinajstić information content (AvgIpc) is 2.91. The van der Waals surface area contributed by atoms with Crippen LogP contribution in [-0.4, -0.2) is 7.11 Å². The summed E-state index contributed by atoms with van der Waals surface area (Å²) in [6.45, 7) is 0. The van der Waals surface area contributed by atoms with Crippen LogP contribution in [0.25, 0.3) is 0 Å². The van der Waals surface area contributed by atoms with E-state index in [4.69, 9.17) is 9.15 Å². The van der Waals surface area contributed by atoms with Gasteiger partial charge < -0.3 is 14.5 Å². The Hall–Kier alpha value is -1.74. The second kappa shape index (κ2) is 4.26. The van der Waals surface area contributed by atoms with Gasteiger partial charge in [0.1, 0.15) is 5.76 Å². The van der Waals surface area contributed by atoms with E-state index >= 15 is 0 Å². The molecule has 2 aromatic rings. The quantitative estimate of drug-likeness (QED) is 0.855. The lowest BCUT2D eigenvalue weighted by molar-refractivity contribution is 0.0858. The van der Waals surface area contributed by atoms with E-state index in [0.717, 1.165) is 17.9 Å². The van der Waals surface area contributed by atoms with Crippen LogP contribution in [0.5, 0.6) is 0 Å². The number of ether oxygens (including phenoxy) is 1. The number of hydrogen-bond donors (Lipinski definition) is 1. The van der Waals surface area contributed by atoms with E-state index in [2.05, 4.69) is 17.4 Å². The van der Waals surface area contributed by atoms with Crippen LogP contribution in [0.15, 0.2) is 47.1 Å². The maximum atomic E-state index is 5.56. The van der Waals surface area contributed by atoms with Gasteiger partial charge in [-0.15, -0.1) is 0 Å². The van der Waals surface area contributed by atoms with Gasteiger partial charge in [-0.2, -0.15) is 0 Å². The number of nitrogens with one attached hydrogen (secondary N) is 1. The minimum absolute atomic E-state index is 0.127. The molecule has 3 heteroatoms. The third kappa shape index (κ3) is 1.83. The largest absolute Gasteiger partial charge is 0.467 e. The first-order chi connectivity index (χ1) is 8.38. The van der Waals surface area contributed by atoms with Crippen LogP contribution in [0.1, 0.15) is 29.9 Å². The van der Waals surface area contributed by atoms with Gasteiger partial charge in [0.05, 0.1) is 18.4 Å². The molecule has 1 aromatic heterocycles. The first-order valence-corrected chi connectivity index (χ1v) is 5.80. The molecule has 1 aliphatic heterocycles. The van der Waals surface area contributed by atoms with E-state index < -0.39 is 0 Å². The van der Waals surface area contributed by atoms with Crippen molar-refractivity contribution in [3.63, 3.8) is 0 Å². The van der Waals surface area contributed by atoms with E-state index in [0.29, 0.717) is 0 Å². The molecule has 2 heterocycles. The third-order valence-corrected chi connectivity index (χ3v) is 3.26. The van der Waals surface area contributed by atoms with Gasteiger partial charge in [-0.1, -0.05) is 18.2 Å². The highest BCUT2D eigenvalue weighted by Gasteiger charge is 2.28. The lowest BCUT2D eigenvalue weighted by atomic mass is 9.94. The lowest BCUT2D eigenvalue weighted by Gasteiger charge is -2.31. The summed E-state index contributed by atoms with van der Waals surface area (Å²) in [5.74, 6) is 0.960. The van der Waals surface area contributed by atoms with Crippen LogP contribution in [0.4, 0.5) is 5.69 Å². The predicted molar refractivity (Wildman–Crippen MR) is 65.9 cm³/mol. The molecule has 1 aliphatic rings. The van der Waals surface area contributed by atoms with Gasteiger partial charge in [0.25, 0.3) is 0 Å². The zero-order chi connectivity index (χ0) is 11.7. The van der Waals surface area contributed by atoms with E-state index in [1.165, 1.54) is 5.56 Å². The van der Waals surface area contributed by atoms with Crippen molar-refractivity contribution in [3.8, 4) is 0 Å². The Balaban J connectivity index is 1.95. The van der Waals surface area contributed by atoms with Gasteiger partial charge in [-0.05, 0) is 18.2 Å². The number of anilines is 1. The summed E-state index contributed by atoms with van der Waals surface area (Å²) in [5, 5.41) is 3.49. The van der Waals surface area contributed by atoms with Crippen molar-refractivity contribution >= 4 is 5.69 Å². The molecule has 1 N–H and O–H groups in total. The number of methoxy groups -OCH3 is 1. The molecule has 0 radical (unpaired) electrons. The summed E-state index contributed by atoms with van der Waals surface area (Å²) >= 11 is 0. The molecule has 1 aromatic carbocycles. The molecular formula is C14H15NO2. The molecule has 88 valence electrons. The summed E-state index contributed by atoms with van der Waals surface area (Å²) in [6, 6.07) is 12.4. The molecule has 2 atom stereocenters. The van der Waals surface area contributed by atoms with E-state index in [1.807, 2.05) is 24.3 Å². The van der Waals surface area contributed by atoms with Crippen LogP contribution < -0.4 is 5.32 Å². The topological polar surface area (TPSA) is 34.4 Å². The predicted octanol–water partition coefficient (Wildman–Crippen LogP) is 3.52. The maximum Gasteiger partial charge on any atom is 0.126 e. The molecule has 3 nitrogen and oxygen atoms in total. The average molecular weight is 229 g/mol. The smallest absolute Gasteiger partial charge is 0.126 e. The van der Waals surface area contributed by atoms with Crippen molar-refractivity contribution in [1.29, 1.82) is 0 Å². The molecule has 3 rings (SSSR count). The molecule has 0 fully saturated rings. The molecule has 0 unspecified atom stereocenters. The number of hydrogen-bond acceptors (Lipinski definition) is 3. The summed E-state index contributed by atoms with van der Waals surface area (Å²) in [5.41, 5.74) is 2.35. The monoisotopic (exact) mass is 229 g/mol. The van der Waals surface area contributed by atoms with Crippen molar-refractivity contribution in [2.24, 2.45) is 0 Å². The van der Waals surface area contributed by atoms with Crippen LogP contribution in [-0.2, 0) is 4.74 Å². The van der Waals surface area contributed by atoms with E-state index in [9.17, 15) is 0 Å². The standard InChI is InChI=1S/C14H15NO2/c1-16-14-9-12(13-7-4-8-17-13)15-11-6-3-2-5-10(11)14/h2-8,12,14-15H,9H2,1H3/t12-,14+/m1/s1. The van der Waals surface area contributed by atoms with E-state index in [1.54, 1.807) is 13.4 Å². The third-order valence-electron chi connectivity index (χ3n) is 3.26. The molecule has 0 saturated carbocycles. The fourth-order valence-electron chi connectivity index (χ4n) is 2.40. The van der Waals surface area contributed by atoms with Gasteiger partial charge in [0.2, 0.25) is 0 Å². The Morgan fingerprint density at radius 2 is 2.12 bits per heavy atom. The van der Waals surface area contributed by atoms with Gasteiger partial charge in [-0.25, -0.2) is 0 Å². The highest BCUT2D eigenvalue weighted by atomic mass is 16.5. The summed E-state index contributed by atoms with van der Waals surface area (Å²) in [4.78, 5) is 0. The minimum Gasteiger partial charge on any atom is -0.467 e. The number of benzene rings is 1. The van der Waals surface area contributed by atoms with Crippen molar-refractivity contribution in [2.75, 3.05) is 12.4 Å². The van der Waals surface area contributed by atoms with E-state index in [-0.39, 0.29) is 12.1 Å². The summed E-state index contributed by atoms with van der Waals surface area (Å²) in [6.07, 6.45) is 2.72. The fourth-order valence-corrected chi connectivity index (χ4v) is 2.40. The van der Waals surface area contributed by atoms with Crippen molar-refractivity contribution in [1.82, 2.24) is 0 Å². The Morgan fingerprint density at radius 1 is 1.24 bits per heavy atom. The van der Waals surface area contributed by atoms with Gasteiger partial charge in [0, 0.05) is 24.8 Å². The minimum atomic E-state index is 0.127. The van der Waals surface area contributed by atoms with Crippen LogP contribution >= 0.6 is 0 Å². The first kappa shape index (κ1) is 10.4. The molecule has 0 saturated heterocycles. The fraction of sp³-hybridized carbons (Fsp3) is 0.286. The number of rotatable bonds is 2. The second-order valence-corrected chi connectivity index (χ2v) is 4.26. The van der Waals surface area contributed by atoms with Crippen molar-refractivity contribution in [2.45, 2.75) is 18.6 Å². The Kier molecular flexibility index (Phi) is 2.61. The van der Waals surface area contributed by atoms with Crippen molar-refractivity contribution < 1.29 is 9.15 Å². The first-order valence-electron chi connectivity index (χ1n) is 5.80. The maximum absolute atomic E-state index is 5.56. The second-order valence-electron chi connectivity index (χ2n) is 4.26. The number of fused-ring (bicyclic) bond motifs is 1. The van der Waals surface area contributed by atoms with Crippen molar-refractivity contribution in [3.05, 3.63) is 54.0 Å². The number of furan rings is 1. The molecule has 0 bridgehead atoms. The lowest BCUT2D eigenvalue weighted by Crippen LogP contribution is -2.22. The number of para-hydroxylation sites is 1. The highest BCUT2D eigenvalue weighted by Crippen LogP contribution is 2.40. The van der Waals surface area contributed by atoms with Gasteiger partial charge >= 0.3 is 0 Å². The Bertz CT molecular complexity index is 493. The summed E-state index contributed by atoms with van der Waals surface area (Å²) in [7, 11) is 1.76. The highest BCUT2D eigenvalue weighted by molar-refractivity contribution is 5.55. The Morgan fingerprint density at radius 3 is 2.88 bits per heavy atom. The molecule has 0 amide bonds. The molecule has 0 spiro atoms. The molecular weight excluding hydrogens is 214 g/mol. The van der Waals surface area contributed by atoms with Crippen LogP contribution in [0.3, 0.4) is 0 Å². The molecule has 0 aliphatic carbocycles. The van der Waals surface area contributed by atoms with Crippen LogP contribution in [0, 0.1) is 0 Å². The SMILES string of the molecule is CO[C@H]1C[C@H](c2ccco2)Nc2ccccc21. The zero-order valence-electron chi connectivity index (χ0n) is 9.72.